The Morgan fingerprint density at radius 2 is 2.03 bits per heavy atom. The molecule has 162 valence electrons. The number of ether oxygens (including phenoxy) is 1. The molecule has 1 N–H and O–H groups in total. The molecule has 0 radical (unpaired) electrons. The largest absolute Gasteiger partial charge is 0.376 e. The molecular formula is C22H32N6O2. The van der Waals surface area contributed by atoms with Crippen LogP contribution in [0.4, 0.5) is 5.82 Å². The maximum Gasteiger partial charge on any atom is 0.252 e. The summed E-state index contributed by atoms with van der Waals surface area (Å²) in [5.74, 6) is 3.32. The molecule has 8 nitrogen and oxygen atoms in total. The topological polar surface area (TPSA) is 88.9 Å². The van der Waals surface area contributed by atoms with E-state index in [0.29, 0.717) is 17.7 Å². The number of aryl methyl sites for hydroxylation is 2. The first-order valence-electron chi connectivity index (χ1n) is 11.4. The Kier molecular flexibility index (Phi) is 5.35. The Balaban J connectivity index is 1.34. The summed E-state index contributed by atoms with van der Waals surface area (Å²) >= 11 is 0. The van der Waals surface area contributed by atoms with Gasteiger partial charge in [0, 0.05) is 32.0 Å². The van der Waals surface area contributed by atoms with Crippen molar-refractivity contribution in [2.45, 2.75) is 64.5 Å². The van der Waals surface area contributed by atoms with Crippen LogP contribution in [0, 0.1) is 24.7 Å². The molecule has 2 aromatic rings. The zero-order valence-corrected chi connectivity index (χ0v) is 18.0. The second-order valence-electron chi connectivity index (χ2n) is 9.41. The summed E-state index contributed by atoms with van der Waals surface area (Å²) in [6.45, 7) is 6.75. The van der Waals surface area contributed by atoms with Gasteiger partial charge < -0.3 is 14.6 Å². The first kappa shape index (κ1) is 19.7. The molecule has 2 aromatic heterocycles. The molecule has 4 atom stereocenters. The SMILES string of the molecule is CCCc1cn([C@@H]2C[C@@H]3CN(c4cc(=O)[nH]c(C)n4)C[C@@H]3C[C@H]2OCC2CC2)nn1. The van der Waals surface area contributed by atoms with Crippen LogP contribution < -0.4 is 10.5 Å². The number of nitrogens with one attached hydrogen (secondary N) is 1. The van der Waals surface area contributed by atoms with Gasteiger partial charge in [0.05, 0.1) is 17.8 Å². The molecule has 30 heavy (non-hydrogen) atoms. The Morgan fingerprint density at radius 1 is 1.23 bits per heavy atom. The van der Waals surface area contributed by atoms with Gasteiger partial charge in [-0.15, -0.1) is 5.10 Å². The fraction of sp³-hybridized carbons (Fsp3) is 0.727. The molecule has 8 heteroatoms. The number of rotatable bonds is 7. The molecule has 0 spiro atoms. The summed E-state index contributed by atoms with van der Waals surface area (Å²) < 4.78 is 8.52. The van der Waals surface area contributed by atoms with Crippen molar-refractivity contribution in [2.75, 3.05) is 24.6 Å². The standard InChI is InChI=1S/C22H32N6O2/c1-3-4-18-12-28(26-25-18)19-7-16-10-27(21-9-22(29)24-14(2)23-21)11-17(16)8-20(19)30-13-15-5-6-15/h9,12,15-17,19-20H,3-8,10-11,13H2,1-2H3,(H,23,24,29)/t16-,17+,19-,20-/m1/s1. The van der Waals surface area contributed by atoms with E-state index < -0.39 is 0 Å². The third-order valence-corrected chi connectivity index (χ3v) is 6.90. The number of aromatic nitrogens is 5. The highest BCUT2D eigenvalue weighted by Gasteiger charge is 2.44. The molecule has 0 aromatic carbocycles. The van der Waals surface area contributed by atoms with Crippen molar-refractivity contribution in [2.24, 2.45) is 17.8 Å². The monoisotopic (exact) mass is 412 g/mol. The van der Waals surface area contributed by atoms with Crippen LogP contribution in [0.25, 0.3) is 0 Å². The van der Waals surface area contributed by atoms with E-state index in [0.717, 1.165) is 62.8 Å². The molecule has 3 fully saturated rings. The lowest BCUT2D eigenvalue weighted by Gasteiger charge is -2.37. The van der Waals surface area contributed by atoms with Gasteiger partial charge in [0.25, 0.3) is 5.56 Å². The summed E-state index contributed by atoms with van der Waals surface area (Å²) in [6.07, 6.45) is 9.01. The number of aromatic amines is 1. The molecular weight excluding hydrogens is 380 g/mol. The van der Waals surface area contributed by atoms with Crippen LogP contribution in [-0.2, 0) is 11.2 Å². The molecule has 5 rings (SSSR count). The smallest absolute Gasteiger partial charge is 0.252 e. The first-order valence-corrected chi connectivity index (χ1v) is 11.4. The Labute approximate surface area is 177 Å². The van der Waals surface area contributed by atoms with Gasteiger partial charge in [-0.2, -0.15) is 0 Å². The molecule has 2 saturated carbocycles. The van der Waals surface area contributed by atoms with Gasteiger partial charge in [-0.05, 0) is 56.8 Å². The van der Waals surface area contributed by atoms with Gasteiger partial charge >= 0.3 is 0 Å². The predicted molar refractivity (Wildman–Crippen MR) is 114 cm³/mol. The van der Waals surface area contributed by atoms with Gasteiger partial charge in [0.15, 0.2) is 0 Å². The average molecular weight is 413 g/mol. The predicted octanol–water partition coefficient (Wildman–Crippen LogP) is 2.51. The van der Waals surface area contributed by atoms with Crippen molar-refractivity contribution in [1.82, 2.24) is 25.0 Å². The van der Waals surface area contributed by atoms with Gasteiger partial charge in [-0.25, -0.2) is 9.67 Å². The Morgan fingerprint density at radius 3 is 2.77 bits per heavy atom. The van der Waals surface area contributed by atoms with E-state index in [1.807, 2.05) is 6.92 Å². The fourth-order valence-electron chi connectivity index (χ4n) is 5.15. The quantitative estimate of drug-likeness (QED) is 0.752. The molecule has 3 heterocycles. The van der Waals surface area contributed by atoms with Crippen LogP contribution in [0.15, 0.2) is 17.1 Å². The normalized spacial score (nSPS) is 28.7. The Bertz CT molecular complexity index is 936. The van der Waals surface area contributed by atoms with E-state index in [1.54, 1.807) is 6.07 Å². The fourth-order valence-corrected chi connectivity index (χ4v) is 5.15. The van der Waals surface area contributed by atoms with Crippen LogP contribution in [0.3, 0.4) is 0 Å². The van der Waals surface area contributed by atoms with Gasteiger partial charge in [-0.3, -0.25) is 4.79 Å². The van der Waals surface area contributed by atoms with Crippen molar-refractivity contribution in [3.8, 4) is 0 Å². The minimum absolute atomic E-state index is 0.0815. The summed E-state index contributed by atoms with van der Waals surface area (Å²) in [5.41, 5.74) is 0.985. The number of fused-ring (bicyclic) bond motifs is 1. The highest BCUT2D eigenvalue weighted by atomic mass is 16.5. The van der Waals surface area contributed by atoms with Crippen LogP contribution in [-0.4, -0.2) is 50.8 Å². The maximum absolute atomic E-state index is 11.9. The van der Waals surface area contributed by atoms with Crippen LogP contribution in [0.5, 0.6) is 0 Å². The lowest BCUT2D eigenvalue weighted by molar-refractivity contribution is -0.0375. The second-order valence-corrected chi connectivity index (χ2v) is 9.41. The van der Waals surface area contributed by atoms with Gasteiger partial charge in [0.2, 0.25) is 0 Å². The zero-order valence-electron chi connectivity index (χ0n) is 18.0. The number of anilines is 1. The van der Waals surface area contributed by atoms with E-state index in [-0.39, 0.29) is 17.7 Å². The lowest BCUT2D eigenvalue weighted by Crippen LogP contribution is -2.38. The van der Waals surface area contributed by atoms with E-state index in [1.165, 1.54) is 12.8 Å². The maximum atomic E-state index is 11.9. The highest BCUT2D eigenvalue weighted by Crippen LogP contribution is 2.44. The van der Waals surface area contributed by atoms with Crippen molar-refractivity contribution in [3.05, 3.63) is 34.1 Å². The molecule has 1 aliphatic heterocycles. The minimum Gasteiger partial charge on any atom is -0.376 e. The summed E-state index contributed by atoms with van der Waals surface area (Å²) in [7, 11) is 0. The van der Waals surface area contributed by atoms with E-state index >= 15 is 0 Å². The second kappa shape index (κ2) is 8.13. The van der Waals surface area contributed by atoms with Crippen molar-refractivity contribution in [3.63, 3.8) is 0 Å². The summed E-state index contributed by atoms with van der Waals surface area (Å²) in [4.78, 5) is 21.5. The van der Waals surface area contributed by atoms with Gasteiger partial charge in [0.1, 0.15) is 11.6 Å². The molecule has 0 amide bonds. The first-order chi connectivity index (χ1) is 14.6. The number of hydrogen-bond donors (Lipinski definition) is 1. The zero-order chi connectivity index (χ0) is 20.7. The number of H-pyrrole nitrogens is 1. The third-order valence-electron chi connectivity index (χ3n) is 6.90. The third kappa shape index (κ3) is 4.15. The molecule has 1 saturated heterocycles. The number of hydrogen-bond acceptors (Lipinski definition) is 6. The minimum atomic E-state index is -0.0815. The van der Waals surface area contributed by atoms with Crippen LogP contribution in [0.2, 0.25) is 0 Å². The molecule has 3 aliphatic rings. The average Bonchev–Trinajstić information content (AvgIpc) is 3.26. The van der Waals surface area contributed by atoms with Crippen molar-refractivity contribution < 1.29 is 4.74 Å². The molecule has 0 bridgehead atoms. The van der Waals surface area contributed by atoms with E-state index in [9.17, 15) is 4.79 Å². The lowest BCUT2D eigenvalue weighted by atomic mass is 9.77. The van der Waals surface area contributed by atoms with Crippen LogP contribution >= 0.6 is 0 Å². The van der Waals surface area contributed by atoms with Gasteiger partial charge in [-0.1, -0.05) is 18.6 Å². The molecule has 2 aliphatic carbocycles. The van der Waals surface area contributed by atoms with Crippen LogP contribution in [0.1, 0.15) is 56.6 Å². The highest BCUT2D eigenvalue weighted by molar-refractivity contribution is 5.39. The summed E-state index contributed by atoms with van der Waals surface area (Å²) in [6, 6.07) is 1.86. The number of nitrogens with zero attached hydrogens (tertiary/aromatic N) is 5. The van der Waals surface area contributed by atoms with E-state index in [4.69, 9.17) is 4.74 Å². The Hall–Kier alpha value is -2.22. The molecule has 0 unspecified atom stereocenters. The van der Waals surface area contributed by atoms with Crippen molar-refractivity contribution in [1.29, 1.82) is 0 Å². The van der Waals surface area contributed by atoms with E-state index in [2.05, 4.69) is 43.0 Å². The summed E-state index contributed by atoms with van der Waals surface area (Å²) in [5, 5.41) is 8.87. The van der Waals surface area contributed by atoms with Crippen molar-refractivity contribution >= 4 is 5.82 Å².